The third-order valence-corrected chi connectivity index (χ3v) is 3.41. The van der Waals surface area contributed by atoms with Crippen LogP contribution in [-0.2, 0) is 12.8 Å². The third-order valence-electron chi connectivity index (χ3n) is 3.41. The molecule has 17 heavy (non-hydrogen) atoms. The Kier molecular flexibility index (Phi) is 2.65. The highest BCUT2D eigenvalue weighted by Crippen LogP contribution is 2.32. The van der Waals surface area contributed by atoms with Gasteiger partial charge in [0, 0.05) is 6.20 Å². The smallest absolute Gasteiger partial charge is 0.0965 e. The van der Waals surface area contributed by atoms with Crippen LogP contribution in [0.25, 0.3) is 0 Å². The van der Waals surface area contributed by atoms with Crippen LogP contribution in [0.3, 0.4) is 0 Å². The number of aromatic nitrogens is 1. The van der Waals surface area contributed by atoms with Gasteiger partial charge in [-0.3, -0.25) is 4.98 Å². The van der Waals surface area contributed by atoms with Crippen LogP contribution in [0.2, 0.25) is 0 Å². The second kappa shape index (κ2) is 4.30. The summed E-state index contributed by atoms with van der Waals surface area (Å²) < 4.78 is 0. The van der Waals surface area contributed by atoms with Crippen molar-refractivity contribution in [2.45, 2.75) is 25.4 Å². The van der Waals surface area contributed by atoms with E-state index in [2.05, 4.69) is 35.3 Å². The van der Waals surface area contributed by atoms with Gasteiger partial charge in [-0.2, -0.15) is 0 Å². The van der Waals surface area contributed by atoms with Gasteiger partial charge in [-0.15, -0.1) is 0 Å². The number of pyridine rings is 1. The Labute approximate surface area is 101 Å². The van der Waals surface area contributed by atoms with Crippen LogP contribution in [-0.4, -0.2) is 10.1 Å². The zero-order valence-electron chi connectivity index (χ0n) is 9.63. The lowest BCUT2D eigenvalue weighted by molar-refractivity contribution is 0.176. The number of hydrogen-bond donors (Lipinski definition) is 1. The van der Waals surface area contributed by atoms with E-state index in [0.717, 1.165) is 25.0 Å². The predicted molar refractivity (Wildman–Crippen MR) is 66.8 cm³/mol. The Hall–Kier alpha value is -1.67. The van der Waals surface area contributed by atoms with Gasteiger partial charge in [-0.1, -0.05) is 30.3 Å². The summed E-state index contributed by atoms with van der Waals surface area (Å²) in [4.78, 5) is 4.29. The van der Waals surface area contributed by atoms with Crippen molar-refractivity contribution < 1.29 is 5.11 Å². The molecule has 1 atom stereocenters. The predicted octanol–water partition coefficient (Wildman–Crippen LogP) is 2.65. The Bertz CT molecular complexity index is 522. The molecule has 1 unspecified atom stereocenters. The molecule has 0 spiro atoms. The zero-order chi connectivity index (χ0) is 11.7. The Balaban J connectivity index is 1.95. The van der Waals surface area contributed by atoms with Gasteiger partial charge in [0.15, 0.2) is 0 Å². The van der Waals surface area contributed by atoms with Gasteiger partial charge in [-0.05, 0) is 42.0 Å². The van der Waals surface area contributed by atoms with Crippen molar-refractivity contribution in [3.63, 3.8) is 0 Å². The minimum atomic E-state index is -0.360. The van der Waals surface area contributed by atoms with E-state index in [1.165, 1.54) is 16.7 Å². The summed E-state index contributed by atoms with van der Waals surface area (Å²) in [5.74, 6) is 0. The average molecular weight is 225 g/mol. The van der Waals surface area contributed by atoms with Crippen LogP contribution in [0.1, 0.15) is 34.9 Å². The quantitative estimate of drug-likeness (QED) is 0.852. The molecule has 1 aliphatic rings. The van der Waals surface area contributed by atoms with Crippen molar-refractivity contribution in [2.24, 2.45) is 0 Å². The van der Waals surface area contributed by atoms with E-state index in [1.807, 2.05) is 12.3 Å². The number of rotatable bonds is 2. The first kappa shape index (κ1) is 10.5. The molecule has 1 aromatic heterocycles. The van der Waals surface area contributed by atoms with E-state index in [1.54, 1.807) is 0 Å². The van der Waals surface area contributed by atoms with E-state index >= 15 is 0 Å². The first-order valence-corrected chi connectivity index (χ1v) is 6.03. The van der Waals surface area contributed by atoms with Crippen LogP contribution in [0, 0.1) is 0 Å². The minimum Gasteiger partial charge on any atom is -0.387 e. The maximum Gasteiger partial charge on any atom is 0.0965 e. The molecule has 0 amide bonds. The molecule has 3 rings (SSSR count). The molecule has 2 nitrogen and oxygen atoms in total. The third kappa shape index (κ3) is 1.96. The summed E-state index contributed by atoms with van der Waals surface area (Å²) in [6.45, 7) is 0. The van der Waals surface area contributed by atoms with Crippen molar-refractivity contribution in [2.75, 3.05) is 0 Å². The van der Waals surface area contributed by atoms with Gasteiger partial charge in [0.25, 0.3) is 0 Å². The average Bonchev–Trinajstić information content (AvgIpc) is 2.74. The van der Waals surface area contributed by atoms with Gasteiger partial charge in [0.2, 0.25) is 0 Å². The van der Waals surface area contributed by atoms with E-state index in [0.29, 0.717) is 0 Å². The lowest BCUT2D eigenvalue weighted by Crippen LogP contribution is -1.99. The minimum absolute atomic E-state index is 0.360. The molecule has 1 aromatic carbocycles. The Morgan fingerprint density at radius 3 is 2.82 bits per heavy atom. The van der Waals surface area contributed by atoms with Crippen molar-refractivity contribution in [3.8, 4) is 0 Å². The lowest BCUT2D eigenvalue weighted by atomic mass is 10.00. The van der Waals surface area contributed by atoms with Crippen molar-refractivity contribution >= 4 is 0 Å². The van der Waals surface area contributed by atoms with E-state index in [-0.39, 0.29) is 6.10 Å². The van der Waals surface area contributed by atoms with E-state index in [9.17, 15) is 5.11 Å². The number of fused-ring (bicyclic) bond motifs is 1. The van der Waals surface area contributed by atoms with Crippen LogP contribution in [0.15, 0.2) is 42.6 Å². The van der Waals surface area contributed by atoms with Crippen LogP contribution in [0.4, 0.5) is 0 Å². The molecular weight excluding hydrogens is 210 g/mol. The molecular formula is C15H15NO. The highest BCUT2D eigenvalue weighted by atomic mass is 16.3. The van der Waals surface area contributed by atoms with Crippen LogP contribution >= 0.6 is 0 Å². The summed E-state index contributed by atoms with van der Waals surface area (Å²) in [6, 6.07) is 12.5. The molecule has 2 aromatic rings. The fraction of sp³-hybridized carbons (Fsp3) is 0.267. The number of hydrogen-bond acceptors (Lipinski definition) is 2. The van der Waals surface area contributed by atoms with E-state index in [4.69, 9.17) is 0 Å². The molecule has 86 valence electrons. The van der Waals surface area contributed by atoms with Gasteiger partial charge in [-0.25, -0.2) is 0 Å². The normalized spacial score (nSPS) is 18.1. The zero-order valence-corrected chi connectivity index (χ0v) is 9.63. The molecule has 0 bridgehead atoms. The topological polar surface area (TPSA) is 33.1 Å². The van der Waals surface area contributed by atoms with Gasteiger partial charge in [0.05, 0.1) is 11.8 Å². The molecule has 0 aliphatic heterocycles. The van der Waals surface area contributed by atoms with Crippen LogP contribution in [0.5, 0.6) is 0 Å². The fourth-order valence-electron chi connectivity index (χ4n) is 2.53. The molecule has 1 aliphatic carbocycles. The van der Waals surface area contributed by atoms with Crippen molar-refractivity contribution in [1.29, 1.82) is 0 Å². The standard InChI is InChI=1S/C15H15NO/c17-14-7-6-13-12(8-9-16-15(13)14)10-11-4-2-1-3-5-11/h1-5,8-9,14,17H,6-7,10H2. The second-order valence-electron chi connectivity index (χ2n) is 4.55. The molecule has 0 saturated carbocycles. The summed E-state index contributed by atoms with van der Waals surface area (Å²) in [6.07, 6.45) is 4.14. The SMILES string of the molecule is OC1CCc2c(Cc3ccccc3)ccnc21. The molecule has 0 saturated heterocycles. The van der Waals surface area contributed by atoms with Crippen molar-refractivity contribution in [1.82, 2.24) is 4.98 Å². The summed E-state index contributed by atoms with van der Waals surface area (Å²) in [5.41, 5.74) is 4.75. The summed E-state index contributed by atoms with van der Waals surface area (Å²) in [5, 5.41) is 9.81. The maximum atomic E-state index is 9.81. The molecule has 2 heteroatoms. The monoisotopic (exact) mass is 225 g/mol. The molecule has 1 N–H and O–H groups in total. The molecule has 0 fully saturated rings. The first-order chi connectivity index (χ1) is 8.34. The second-order valence-corrected chi connectivity index (χ2v) is 4.55. The fourth-order valence-corrected chi connectivity index (χ4v) is 2.53. The highest BCUT2D eigenvalue weighted by molar-refractivity contribution is 5.38. The van der Waals surface area contributed by atoms with E-state index < -0.39 is 0 Å². The summed E-state index contributed by atoms with van der Waals surface area (Å²) >= 11 is 0. The Morgan fingerprint density at radius 1 is 1.18 bits per heavy atom. The van der Waals surface area contributed by atoms with Gasteiger partial charge < -0.3 is 5.11 Å². The number of aliphatic hydroxyl groups excluding tert-OH is 1. The molecule has 1 heterocycles. The first-order valence-electron chi connectivity index (χ1n) is 6.03. The Morgan fingerprint density at radius 2 is 2.00 bits per heavy atom. The number of nitrogens with zero attached hydrogens (tertiary/aromatic N) is 1. The summed E-state index contributed by atoms with van der Waals surface area (Å²) in [7, 11) is 0. The van der Waals surface area contributed by atoms with Crippen molar-refractivity contribution in [3.05, 3.63) is 65.0 Å². The lowest BCUT2D eigenvalue weighted by Gasteiger charge is -2.08. The van der Waals surface area contributed by atoms with Crippen LogP contribution < -0.4 is 0 Å². The molecule has 0 radical (unpaired) electrons. The maximum absolute atomic E-state index is 9.81. The largest absolute Gasteiger partial charge is 0.387 e. The highest BCUT2D eigenvalue weighted by Gasteiger charge is 2.23. The van der Waals surface area contributed by atoms with Gasteiger partial charge in [0.1, 0.15) is 0 Å². The number of aliphatic hydroxyl groups is 1. The van der Waals surface area contributed by atoms with Gasteiger partial charge >= 0.3 is 0 Å². The number of benzene rings is 1.